The number of halogens is 1. The summed E-state index contributed by atoms with van der Waals surface area (Å²) >= 11 is 6.15. The fourth-order valence-electron chi connectivity index (χ4n) is 2.63. The van der Waals surface area contributed by atoms with E-state index in [0.717, 1.165) is 11.3 Å². The van der Waals surface area contributed by atoms with E-state index in [4.69, 9.17) is 21.9 Å². The van der Waals surface area contributed by atoms with Crippen LogP contribution in [-0.2, 0) is 11.3 Å². The fraction of sp³-hybridized carbons (Fsp3) is 0.235. The van der Waals surface area contributed by atoms with E-state index in [2.05, 4.69) is 20.7 Å². The Bertz CT molecular complexity index is 883. The highest BCUT2D eigenvalue weighted by Crippen LogP contribution is 2.27. The van der Waals surface area contributed by atoms with Gasteiger partial charge in [-0.25, -0.2) is 0 Å². The molecule has 4 N–H and O–H groups in total. The zero-order chi connectivity index (χ0) is 18.0. The van der Waals surface area contributed by atoms with Gasteiger partial charge in [-0.1, -0.05) is 35.0 Å². The van der Waals surface area contributed by atoms with Gasteiger partial charge in [0.15, 0.2) is 5.76 Å². The van der Waals surface area contributed by atoms with Gasteiger partial charge in [0.25, 0.3) is 0 Å². The van der Waals surface area contributed by atoms with Crippen LogP contribution < -0.4 is 11.1 Å². The summed E-state index contributed by atoms with van der Waals surface area (Å²) in [5.74, 6) is 0.194. The molecule has 7 nitrogen and oxygen atoms in total. The molecule has 3 aromatic rings. The molecule has 0 spiro atoms. The van der Waals surface area contributed by atoms with E-state index in [1.54, 1.807) is 19.1 Å². The predicted molar refractivity (Wildman–Crippen MR) is 93.8 cm³/mol. The summed E-state index contributed by atoms with van der Waals surface area (Å²) in [5, 5.41) is 14.2. The molecule has 0 aliphatic heterocycles. The minimum absolute atomic E-state index is 0.180. The lowest BCUT2D eigenvalue weighted by molar-refractivity contribution is -0.122. The number of aromatic amines is 1. The number of amides is 1. The third-order valence-corrected chi connectivity index (χ3v) is 4.25. The quantitative estimate of drug-likeness (QED) is 0.648. The highest BCUT2D eigenvalue weighted by atomic mass is 35.5. The Morgan fingerprint density at radius 3 is 2.84 bits per heavy atom. The van der Waals surface area contributed by atoms with E-state index >= 15 is 0 Å². The van der Waals surface area contributed by atoms with Crippen molar-refractivity contribution in [1.29, 1.82) is 0 Å². The van der Waals surface area contributed by atoms with E-state index in [1.807, 2.05) is 25.1 Å². The first-order valence-electron chi connectivity index (χ1n) is 7.72. The molecule has 25 heavy (non-hydrogen) atoms. The minimum atomic E-state index is -0.801. The SMILES string of the molecule is Cc1n[nH]c(C)c1[C@@H](N)C(=O)NCc1cc(-c2ccccc2Cl)no1. The normalized spacial score (nSPS) is 12.2. The van der Waals surface area contributed by atoms with E-state index in [9.17, 15) is 4.79 Å². The maximum atomic E-state index is 12.3. The molecular formula is C17H18ClN5O2. The number of nitrogens with two attached hydrogens (primary N) is 1. The van der Waals surface area contributed by atoms with Crippen LogP contribution in [0.3, 0.4) is 0 Å². The van der Waals surface area contributed by atoms with Crippen LogP contribution in [-0.4, -0.2) is 21.3 Å². The van der Waals surface area contributed by atoms with Gasteiger partial charge in [-0.3, -0.25) is 9.89 Å². The molecule has 0 bridgehead atoms. The van der Waals surface area contributed by atoms with Crippen molar-refractivity contribution in [3.8, 4) is 11.3 Å². The monoisotopic (exact) mass is 359 g/mol. The molecular weight excluding hydrogens is 342 g/mol. The number of aromatic nitrogens is 3. The molecule has 0 unspecified atom stereocenters. The van der Waals surface area contributed by atoms with Crippen molar-refractivity contribution >= 4 is 17.5 Å². The lowest BCUT2D eigenvalue weighted by Crippen LogP contribution is -2.34. The van der Waals surface area contributed by atoms with Crippen LogP contribution in [0.25, 0.3) is 11.3 Å². The van der Waals surface area contributed by atoms with Gasteiger partial charge >= 0.3 is 0 Å². The Balaban J connectivity index is 1.66. The van der Waals surface area contributed by atoms with Crippen LogP contribution in [0.2, 0.25) is 5.02 Å². The number of hydrogen-bond donors (Lipinski definition) is 3. The molecule has 1 atom stereocenters. The van der Waals surface area contributed by atoms with Crippen LogP contribution >= 0.6 is 11.6 Å². The number of nitrogens with zero attached hydrogens (tertiary/aromatic N) is 2. The summed E-state index contributed by atoms with van der Waals surface area (Å²) in [6.07, 6.45) is 0. The Labute approximate surface area is 149 Å². The first-order valence-corrected chi connectivity index (χ1v) is 8.10. The number of hydrogen-bond acceptors (Lipinski definition) is 5. The van der Waals surface area contributed by atoms with Crippen molar-refractivity contribution in [3.63, 3.8) is 0 Å². The Hall–Kier alpha value is -2.64. The van der Waals surface area contributed by atoms with Gasteiger partial charge in [0.2, 0.25) is 5.91 Å². The number of carbonyl (C=O) groups excluding carboxylic acids is 1. The Kier molecular flexibility index (Phi) is 4.87. The average Bonchev–Trinajstić information content (AvgIpc) is 3.19. The smallest absolute Gasteiger partial charge is 0.242 e. The standard InChI is InChI=1S/C17H18ClN5O2/c1-9-15(10(2)22-21-9)16(19)17(24)20-8-11-7-14(23-25-11)12-5-3-4-6-13(12)18/h3-7,16H,8,19H2,1-2H3,(H,20,24)(H,21,22)/t16-/m1/s1. The number of H-pyrrole nitrogens is 1. The molecule has 0 saturated carbocycles. The third-order valence-electron chi connectivity index (χ3n) is 3.92. The van der Waals surface area contributed by atoms with Gasteiger partial charge in [-0.05, 0) is 19.9 Å². The van der Waals surface area contributed by atoms with Crippen molar-refractivity contribution in [3.05, 3.63) is 58.1 Å². The number of rotatable bonds is 5. The summed E-state index contributed by atoms with van der Waals surface area (Å²) < 4.78 is 5.26. The van der Waals surface area contributed by atoms with Gasteiger partial charge in [0.1, 0.15) is 11.7 Å². The van der Waals surface area contributed by atoms with Crippen LogP contribution in [0, 0.1) is 13.8 Å². The molecule has 0 aliphatic rings. The van der Waals surface area contributed by atoms with E-state index < -0.39 is 6.04 Å². The minimum Gasteiger partial charge on any atom is -0.359 e. The molecule has 3 rings (SSSR count). The average molecular weight is 360 g/mol. The van der Waals surface area contributed by atoms with Crippen LogP contribution in [0.1, 0.15) is 28.8 Å². The van der Waals surface area contributed by atoms with Crippen LogP contribution in [0.4, 0.5) is 0 Å². The summed E-state index contributed by atoms with van der Waals surface area (Å²) in [6, 6.07) is 8.27. The maximum absolute atomic E-state index is 12.3. The molecule has 0 radical (unpaired) electrons. The van der Waals surface area contributed by atoms with Crippen molar-refractivity contribution in [2.45, 2.75) is 26.4 Å². The largest absolute Gasteiger partial charge is 0.359 e. The molecule has 2 aromatic heterocycles. The molecule has 0 saturated heterocycles. The molecule has 0 aliphatic carbocycles. The maximum Gasteiger partial charge on any atom is 0.242 e. The highest BCUT2D eigenvalue weighted by Gasteiger charge is 2.22. The number of carbonyl (C=O) groups is 1. The molecule has 0 fully saturated rings. The van der Waals surface area contributed by atoms with E-state index in [1.165, 1.54) is 0 Å². The number of nitrogens with one attached hydrogen (secondary N) is 2. The Morgan fingerprint density at radius 1 is 1.40 bits per heavy atom. The van der Waals surface area contributed by atoms with Gasteiger partial charge in [0.05, 0.1) is 17.3 Å². The van der Waals surface area contributed by atoms with Crippen LogP contribution in [0.15, 0.2) is 34.9 Å². The topological polar surface area (TPSA) is 110 Å². The van der Waals surface area contributed by atoms with Crippen molar-refractivity contribution in [1.82, 2.24) is 20.7 Å². The second kappa shape index (κ2) is 7.08. The first-order chi connectivity index (χ1) is 12.0. The first kappa shape index (κ1) is 17.2. The molecule has 2 heterocycles. The zero-order valence-corrected chi connectivity index (χ0v) is 14.6. The summed E-state index contributed by atoms with van der Waals surface area (Å²) in [7, 11) is 0. The number of aryl methyl sites for hydroxylation is 2. The lowest BCUT2D eigenvalue weighted by Gasteiger charge is -2.11. The Morgan fingerprint density at radius 2 is 2.16 bits per heavy atom. The van der Waals surface area contributed by atoms with E-state index in [0.29, 0.717) is 27.7 Å². The zero-order valence-electron chi connectivity index (χ0n) is 13.8. The third kappa shape index (κ3) is 3.57. The molecule has 1 aromatic carbocycles. The van der Waals surface area contributed by atoms with Crippen molar-refractivity contribution < 1.29 is 9.32 Å². The lowest BCUT2D eigenvalue weighted by atomic mass is 10.1. The summed E-state index contributed by atoms with van der Waals surface area (Å²) in [5.41, 5.74) is 9.60. The van der Waals surface area contributed by atoms with E-state index in [-0.39, 0.29) is 12.5 Å². The highest BCUT2D eigenvalue weighted by molar-refractivity contribution is 6.33. The van der Waals surface area contributed by atoms with Gasteiger partial charge < -0.3 is 15.6 Å². The summed E-state index contributed by atoms with van der Waals surface area (Å²) in [4.78, 5) is 12.3. The molecule has 8 heteroatoms. The van der Waals surface area contributed by atoms with Crippen molar-refractivity contribution in [2.75, 3.05) is 0 Å². The molecule has 130 valence electrons. The second-order valence-electron chi connectivity index (χ2n) is 5.70. The second-order valence-corrected chi connectivity index (χ2v) is 6.11. The van der Waals surface area contributed by atoms with Gasteiger partial charge in [-0.2, -0.15) is 5.10 Å². The van der Waals surface area contributed by atoms with Gasteiger partial charge in [0, 0.05) is 22.9 Å². The number of benzene rings is 1. The van der Waals surface area contributed by atoms with Gasteiger partial charge in [-0.15, -0.1) is 0 Å². The predicted octanol–water partition coefficient (Wildman–Crippen LogP) is 2.65. The summed E-state index contributed by atoms with van der Waals surface area (Å²) in [6.45, 7) is 3.81. The molecule has 1 amide bonds. The van der Waals surface area contributed by atoms with Crippen LogP contribution in [0.5, 0.6) is 0 Å². The van der Waals surface area contributed by atoms with Crippen molar-refractivity contribution in [2.24, 2.45) is 5.73 Å². The fourth-order valence-corrected chi connectivity index (χ4v) is 2.86.